The molecule has 3 rings (SSSR count). The molecular formula is C21H22N4O2. The van der Waals surface area contributed by atoms with Gasteiger partial charge in [-0.2, -0.15) is 10.2 Å². The zero-order valence-electron chi connectivity index (χ0n) is 15.4. The van der Waals surface area contributed by atoms with Crippen LogP contribution in [0.25, 0.3) is 0 Å². The van der Waals surface area contributed by atoms with Crippen molar-refractivity contribution in [3.63, 3.8) is 0 Å². The smallest absolute Gasteiger partial charge is 0.240 e. The van der Waals surface area contributed by atoms with E-state index < -0.39 is 0 Å². The summed E-state index contributed by atoms with van der Waals surface area (Å²) in [5.41, 5.74) is 6.41. The minimum Gasteiger partial charge on any atom is -0.457 e. The highest BCUT2D eigenvalue weighted by molar-refractivity contribution is 5.82. The normalized spacial score (nSPS) is 10.9. The fourth-order valence-corrected chi connectivity index (χ4v) is 2.70. The molecule has 6 nitrogen and oxygen atoms in total. The third-order valence-corrected chi connectivity index (χ3v) is 4.12. The van der Waals surface area contributed by atoms with E-state index in [1.807, 2.05) is 68.4 Å². The molecule has 6 heteroatoms. The van der Waals surface area contributed by atoms with Crippen LogP contribution in [0.5, 0.6) is 11.5 Å². The van der Waals surface area contributed by atoms with Crippen LogP contribution < -0.4 is 10.2 Å². The van der Waals surface area contributed by atoms with Crippen molar-refractivity contribution in [2.24, 2.45) is 5.10 Å². The summed E-state index contributed by atoms with van der Waals surface area (Å²) in [5.74, 6) is 1.34. The topological polar surface area (TPSA) is 79.4 Å². The number of amides is 1. The number of hydrogen-bond donors (Lipinski definition) is 2. The van der Waals surface area contributed by atoms with Gasteiger partial charge in [-0.15, -0.1) is 0 Å². The summed E-state index contributed by atoms with van der Waals surface area (Å²) in [6.45, 7) is 3.88. The molecular weight excluding hydrogens is 340 g/mol. The van der Waals surface area contributed by atoms with Crippen LogP contribution in [0.4, 0.5) is 0 Å². The minimum absolute atomic E-state index is 0.136. The molecule has 2 aromatic carbocycles. The van der Waals surface area contributed by atoms with Gasteiger partial charge in [-0.25, -0.2) is 5.43 Å². The first-order valence-electron chi connectivity index (χ1n) is 8.77. The van der Waals surface area contributed by atoms with E-state index in [2.05, 4.69) is 20.7 Å². The number of H-pyrrole nitrogens is 1. The Hall–Kier alpha value is -3.41. The number of aromatic amines is 1. The number of hydrazone groups is 1. The van der Waals surface area contributed by atoms with Gasteiger partial charge in [0.2, 0.25) is 5.91 Å². The third-order valence-electron chi connectivity index (χ3n) is 4.12. The number of para-hydroxylation sites is 1. The van der Waals surface area contributed by atoms with Crippen LogP contribution in [0.1, 0.15) is 28.9 Å². The lowest BCUT2D eigenvalue weighted by Gasteiger charge is -2.05. The van der Waals surface area contributed by atoms with Gasteiger partial charge in [0, 0.05) is 12.1 Å². The van der Waals surface area contributed by atoms with Crippen molar-refractivity contribution in [3.05, 3.63) is 77.1 Å². The Bertz CT molecular complexity index is 913. The fourth-order valence-electron chi connectivity index (χ4n) is 2.70. The quantitative estimate of drug-likeness (QED) is 0.494. The first-order valence-corrected chi connectivity index (χ1v) is 8.77. The van der Waals surface area contributed by atoms with Gasteiger partial charge < -0.3 is 4.74 Å². The molecule has 3 aromatic rings. The number of benzene rings is 2. The molecule has 138 valence electrons. The molecule has 27 heavy (non-hydrogen) atoms. The summed E-state index contributed by atoms with van der Waals surface area (Å²) in [4.78, 5) is 12.0. The predicted molar refractivity (Wildman–Crippen MR) is 105 cm³/mol. The van der Waals surface area contributed by atoms with E-state index in [-0.39, 0.29) is 5.91 Å². The maximum atomic E-state index is 12.0. The Morgan fingerprint density at radius 1 is 1.15 bits per heavy atom. The molecule has 0 atom stereocenters. The molecule has 0 fully saturated rings. The summed E-state index contributed by atoms with van der Waals surface area (Å²) < 4.78 is 5.79. The Balaban J connectivity index is 1.52. The lowest BCUT2D eigenvalue weighted by molar-refractivity contribution is -0.121. The largest absolute Gasteiger partial charge is 0.457 e. The molecule has 0 saturated carbocycles. The lowest BCUT2D eigenvalue weighted by atomic mass is 10.1. The molecule has 0 aliphatic carbocycles. The minimum atomic E-state index is -0.136. The molecule has 1 heterocycles. The maximum absolute atomic E-state index is 12.0. The fraction of sp³-hybridized carbons (Fsp3) is 0.190. The molecule has 0 unspecified atom stereocenters. The van der Waals surface area contributed by atoms with Crippen LogP contribution in [0.2, 0.25) is 0 Å². The van der Waals surface area contributed by atoms with E-state index in [4.69, 9.17) is 4.74 Å². The molecule has 0 radical (unpaired) electrons. The van der Waals surface area contributed by atoms with Gasteiger partial charge in [-0.05, 0) is 55.7 Å². The van der Waals surface area contributed by atoms with Crippen molar-refractivity contribution in [2.75, 3.05) is 0 Å². The van der Waals surface area contributed by atoms with Gasteiger partial charge in [-0.3, -0.25) is 9.89 Å². The Morgan fingerprint density at radius 2 is 1.93 bits per heavy atom. The molecule has 0 bridgehead atoms. The van der Waals surface area contributed by atoms with E-state index in [0.717, 1.165) is 28.3 Å². The Labute approximate surface area is 158 Å². The molecule has 1 amide bonds. The van der Waals surface area contributed by atoms with Crippen LogP contribution in [-0.2, 0) is 11.2 Å². The van der Waals surface area contributed by atoms with Crippen molar-refractivity contribution in [1.29, 1.82) is 0 Å². The zero-order valence-corrected chi connectivity index (χ0v) is 15.4. The average molecular weight is 362 g/mol. The molecule has 1 aromatic heterocycles. The highest BCUT2D eigenvalue weighted by Crippen LogP contribution is 2.21. The van der Waals surface area contributed by atoms with E-state index >= 15 is 0 Å². The van der Waals surface area contributed by atoms with Crippen LogP contribution >= 0.6 is 0 Å². The number of hydrogen-bond acceptors (Lipinski definition) is 4. The van der Waals surface area contributed by atoms with Crippen LogP contribution in [-0.4, -0.2) is 22.3 Å². The summed E-state index contributed by atoms with van der Waals surface area (Å²) in [5, 5.41) is 11.1. The van der Waals surface area contributed by atoms with Gasteiger partial charge in [-0.1, -0.05) is 30.3 Å². The average Bonchev–Trinajstić information content (AvgIpc) is 2.99. The number of nitrogens with one attached hydrogen (secondary N) is 2. The van der Waals surface area contributed by atoms with Crippen LogP contribution in [0.3, 0.4) is 0 Å². The lowest BCUT2D eigenvalue weighted by Crippen LogP contribution is -2.18. The number of ether oxygens (including phenoxy) is 1. The molecule has 0 spiro atoms. The maximum Gasteiger partial charge on any atom is 0.240 e. The van der Waals surface area contributed by atoms with Gasteiger partial charge in [0.05, 0.1) is 11.9 Å². The number of aryl methyl sites for hydroxylation is 2. The summed E-state index contributed by atoms with van der Waals surface area (Å²) in [7, 11) is 0. The first kappa shape index (κ1) is 18.4. The van der Waals surface area contributed by atoms with Gasteiger partial charge >= 0.3 is 0 Å². The number of carbonyl (C=O) groups is 1. The van der Waals surface area contributed by atoms with Crippen LogP contribution in [0, 0.1) is 13.8 Å². The van der Waals surface area contributed by atoms with Gasteiger partial charge in [0.25, 0.3) is 0 Å². The van der Waals surface area contributed by atoms with Crippen LogP contribution in [0.15, 0.2) is 59.7 Å². The van der Waals surface area contributed by atoms with E-state index in [1.165, 1.54) is 0 Å². The van der Waals surface area contributed by atoms with E-state index in [0.29, 0.717) is 18.6 Å². The summed E-state index contributed by atoms with van der Waals surface area (Å²) in [6.07, 6.45) is 2.59. The SMILES string of the molecule is Cc1n[nH]c(C)c1CCC(=O)NN=Cc1cccc(Oc2ccccc2)c1. The summed E-state index contributed by atoms with van der Waals surface area (Å²) in [6, 6.07) is 17.1. The highest BCUT2D eigenvalue weighted by atomic mass is 16.5. The second-order valence-electron chi connectivity index (χ2n) is 6.19. The van der Waals surface area contributed by atoms with Gasteiger partial charge in [0.1, 0.15) is 11.5 Å². The summed E-state index contributed by atoms with van der Waals surface area (Å²) >= 11 is 0. The standard InChI is InChI=1S/C21H22N4O2/c1-15-20(16(2)24-23-15)11-12-21(26)25-22-14-17-7-6-10-19(13-17)27-18-8-4-3-5-9-18/h3-10,13-14H,11-12H2,1-2H3,(H,23,24)(H,25,26). The highest BCUT2D eigenvalue weighted by Gasteiger charge is 2.08. The van der Waals surface area contributed by atoms with Crippen molar-refractivity contribution < 1.29 is 9.53 Å². The second-order valence-corrected chi connectivity index (χ2v) is 6.19. The first-order chi connectivity index (χ1) is 13.1. The number of aromatic nitrogens is 2. The molecule has 0 aliphatic heterocycles. The predicted octanol–water partition coefficient (Wildman–Crippen LogP) is 3.90. The Morgan fingerprint density at radius 3 is 2.67 bits per heavy atom. The monoisotopic (exact) mass is 362 g/mol. The van der Waals surface area contributed by atoms with E-state index in [1.54, 1.807) is 6.21 Å². The van der Waals surface area contributed by atoms with E-state index in [9.17, 15) is 4.79 Å². The van der Waals surface area contributed by atoms with Crippen molar-refractivity contribution in [2.45, 2.75) is 26.7 Å². The van der Waals surface area contributed by atoms with Crippen molar-refractivity contribution in [1.82, 2.24) is 15.6 Å². The Kier molecular flexibility index (Phi) is 5.99. The number of rotatable bonds is 7. The van der Waals surface area contributed by atoms with Crippen molar-refractivity contribution >= 4 is 12.1 Å². The number of carbonyl (C=O) groups excluding carboxylic acids is 1. The number of nitrogens with zero attached hydrogens (tertiary/aromatic N) is 2. The molecule has 0 aliphatic rings. The second kappa shape index (κ2) is 8.80. The zero-order chi connectivity index (χ0) is 19.1. The van der Waals surface area contributed by atoms with Crippen molar-refractivity contribution in [3.8, 4) is 11.5 Å². The van der Waals surface area contributed by atoms with Gasteiger partial charge in [0.15, 0.2) is 0 Å². The molecule has 0 saturated heterocycles. The molecule has 2 N–H and O–H groups in total. The third kappa shape index (κ3) is 5.28.